The van der Waals surface area contributed by atoms with E-state index in [9.17, 15) is 12.8 Å². The van der Waals surface area contributed by atoms with Crippen LogP contribution in [0.1, 0.15) is 25.7 Å². The average Bonchev–Trinajstić information content (AvgIpc) is 2.46. The minimum absolute atomic E-state index is 0.0842. The van der Waals surface area contributed by atoms with Crippen LogP contribution in [0.15, 0.2) is 23.4 Å². The van der Waals surface area contributed by atoms with Crippen molar-refractivity contribution in [1.29, 1.82) is 0 Å². The lowest BCUT2D eigenvalue weighted by atomic mass is 9.94. The van der Waals surface area contributed by atoms with Gasteiger partial charge in [-0.3, -0.25) is 0 Å². The molecule has 0 bridgehead atoms. The van der Waals surface area contributed by atoms with Crippen LogP contribution >= 0.6 is 0 Å². The molecule has 118 valence electrons. The molecule has 6 nitrogen and oxygen atoms in total. The molecule has 0 spiro atoms. The number of nitrogens with two attached hydrogens (primary N) is 1. The zero-order valence-corrected chi connectivity index (χ0v) is 12.5. The van der Waals surface area contributed by atoms with Gasteiger partial charge in [-0.25, -0.2) is 22.5 Å². The molecule has 0 atom stereocenters. The third kappa shape index (κ3) is 4.70. The Balaban J connectivity index is 1.77. The highest BCUT2D eigenvalue weighted by Crippen LogP contribution is 2.19. The van der Waals surface area contributed by atoms with E-state index < -0.39 is 20.9 Å². The lowest BCUT2D eigenvalue weighted by molar-refractivity contribution is 0.0287. The van der Waals surface area contributed by atoms with E-state index in [0.717, 1.165) is 31.7 Å². The SMILES string of the molecule is NC1CCC(OCCNS(=O)(=O)c2ncccc2F)CC1. The number of nitrogens with one attached hydrogen (secondary N) is 1. The maximum absolute atomic E-state index is 13.4. The average molecular weight is 317 g/mol. The van der Waals surface area contributed by atoms with E-state index >= 15 is 0 Å². The summed E-state index contributed by atoms with van der Waals surface area (Å²) in [5.41, 5.74) is 5.80. The van der Waals surface area contributed by atoms with Crippen LogP contribution in [0.4, 0.5) is 4.39 Å². The number of nitrogens with zero attached hydrogens (tertiary/aromatic N) is 1. The first-order valence-corrected chi connectivity index (χ1v) is 8.45. The van der Waals surface area contributed by atoms with Gasteiger partial charge in [0.1, 0.15) is 0 Å². The monoisotopic (exact) mass is 317 g/mol. The topological polar surface area (TPSA) is 94.3 Å². The van der Waals surface area contributed by atoms with Crippen LogP contribution < -0.4 is 10.5 Å². The molecular weight excluding hydrogens is 297 g/mol. The van der Waals surface area contributed by atoms with Gasteiger partial charge < -0.3 is 10.5 Å². The number of rotatable bonds is 6. The second-order valence-corrected chi connectivity index (χ2v) is 6.78. The molecule has 0 aromatic carbocycles. The van der Waals surface area contributed by atoms with Crippen LogP contribution in [-0.2, 0) is 14.8 Å². The Hall–Kier alpha value is -1.09. The highest BCUT2D eigenvalue weighted by atomic mass is 32.2. The van der Waals surface area contributed by atoms with Crippen LogP contribution in [0.3, 0.4) is 0 Å². The highest BCUT2D eigenvalue weighted by Gasteiger charge is 2.21. The molecule has 2 rings (SSSR count). The van der Waals surface area contributed by atoms with Gasteiger partial charge in [-0.2, -0.15) is 0 Å². The molecule has 3 N–H and O–H groups in total. The lowest BCUT2D eigenvalue weighted by Gasteiger charge is -2.26. The molecule has 0 aliphatic heterocycles. The van der Waals surface area contributed by atoms with Gasteiger partial charge in [0.2, 0.25) is 5.03 Å². The van der Waals surface area contributed by atoms with Gasteiger partial charge in [-0.15, -0.1) is 0 Å². The summed E-state index contributed by atoms with van der Waals surface area (Å²) in [4.78, 5) is 3.55. The normalized spacial score (nSPS) is 23.1. The summed E-state index contributed by atoms with van der Waals surface area (Å²) in [6.45, 7) is 0.328. The van der Waals surface area contributed by atoms with Crippen molar-refractivity contribution >= 4 is 10.0 Å². The Morgan fingerprint density at radius 1 is 1.38 bits per heavy atom. The zero-order chi connectivity index (χ0) is 15.3. The first kappa shape index (κ1) is 16.3. The van der Waals surface area contributed by atoms with Crippen molar-refractivity contribution in [3.8, 4) is 0 Å². The van der Waals surface area contributed by atoms with Crippen molar-refractivity contribution in [3.63, 3.8) is 0 Å². The molecule has 1 saturated carbocycles. The third-order valence-corrected chi connectivity index (χ3v) is 4.84. The van der Waals surface area contributed by atoms with Crippen LogP contribution in [0.2, 0.25) is 0 Å². The first-order valence-electron chi connectivity index (χ1n) is 6.96. The molecule has 1 aromatic heterocycles. The quantitative estimate of drug-likeness (QED) is 0.756. The molecule has 1 aromatic rings. The fraction of sp³-hybridized carbons (Fsp3) is 0.615. The zero-order valence-electron chi connectivity index (χ0n) is 11.7. The van der Waals surface area contributed by atoms with Crippen LogP contribution in [0.5, 0.6) is 0 Å². The van der Waals surface area contributed by atoms with Gasteiger partial charge in [0.25, 0.3) is 10.0 Å². The van der Waals surface area contributed by atoms with Crippen molar-refractivity contribution in [2.75, 3.05) is 13.2 Å². The molecule has 21 heavy (non-hydrogen) atoms. The Kier molecular flexibility index (Phi) is 5.63. The molecule has 1 aliphatic rings. The molecule has 0 amide bonds. The van der Waals surface area contributed by atoms with Gasteiger partial charge in [-0.05, 0) is 37.8 Å². The number of hydrogen-bond acceptors (Lipinski definition) is 5. The minimum Gasteiger partial charge on any atom is -0.377 e. The fourth-order valence-corrected chi connectivity index (χ4v) is 3.31. The van der Waals surface area contributed by atoms with Crippen molar-refractivity contribution in [2.24, 2.45) is 5.73 Å². The van der Waals surface area contributed by atoms with Gasteiger partial charge in [-0.1, -0.05) is 0 Å². The number of aromatic nitrogens is 1. The van der Waals surface area contributed by atoms with Crippen LogP contribution in [0, 0.1) is 5.82 Å². The summed E-state index contributed by atoms with van der Waals surface area (Å²) in [6, 6.07) is 2.64. The van der Waals surface area contributed by atoms with Gasteiger partial charge in [0.05, 0.1) is 12.7 Å². The Morgan fingerprint density at radius 3 is 2.76 bits per heavy atom. The summed E-state index contributed by atoms with van der Waals surface area (Å²) in [5.74, 6) is -0.868. The van der Waals surface area contributed by atoms with Crippen molar-refractivity contribution in [2.45, 2.75) is 42.9 Å². The fourth-order valence-electron chi connectivity index (χ4n) is 2.29. The third-order valence-electron chi connectivity index (χ3n) is 3.45. The Bertz CT molecular complexity index is 560. The second-order valence-electron chi connectivity index (χ2n) is 5.10. The van der Waals surface area contributed by atoms with E-state index in [2.05, 4.69) is 9.71 Å². The number of ether oxygens (including phenoxy) is 1. The number of pyridine rings is 1. The summed E-state index contributed by atoms with van der Waals surface area (Å²) < 4.78 is 45.0. The molecule has 1 fully saturated rings. The maximum atomic E-state index is 13.4. The lowest BCUT2D eigenvalue weighted by Crippen LogP contribution is -2.33. The minimum atomic E-state index is -3.94. The van der Waals surface area contributed by atoms with E-state index in [1.165, 1.54) is 12.3 Å². The highest BCUT2D eigenvalue weighted by molar-refractivity contribution is 7.89. The second kappa shape index (κ2) is 7.26. The van der Waals surface area contributed by atoms with Gasteiger partial charge in [0, 0.05) is 18.8 Å². The molecule has 1 aliphatic carbocycles. The molecule has 0 radical (unpaired) electrons. The summed E-state index contributed by atoms with van der Waals surface area (Å²) in [6.07, 6.45) is 5.00. The van der Waals surface area contributed by atoms with E-state index in [0.29, 0.717) is 0 Å². The van der Waals surface area contributed by atoms with Gasteiger partial charge in [0.15, 0.2) is 5.82 Å². The maximum Gasteiger partial charge on any atom is 0.261 e. The van der Waals surface area contributed by atoms with Crippen LogP contribution in [-0.4, -0.2) is 38.7 Å². The molecular formula is C13H20FN3O3S. The van der Waals surface area contributed by atoms with Crippen molar-refractivity contribution in [1.82, 2.24) is 9.71 Å². The smallest absolute Gasteiger partial charge is 0.261 e. The van der Waals surface area contributed by atoms with Gasteiger partial charge >= 0.3 is 0 Å². The first-order chi connectivity index (χ1) is 9.99. The predicted octanol–water partition coefficient (Wildman–Crippen LogP) is 0.785. The van der Waals surface area contributed by atoms with Crippen LogP contribution in [0.25, 0.3) is 0 Å². The van der Waals surface area contributed by atoms with Crippen molar-refractivity contribution in [3.05, 3.63) is 24.1 Å². The number of hydrogen-bond donors (Lipinski definition) is 2. The summed E-state index contributed by atoms with van der Waals surface area (Å²) in [7, 11) is -3.94. The number of sulfonamides is 1. The van der Waals surface area contributed by atoms with E-state index in [1.807, 2.05) is 0 Å². The van der Waals surface area contributed by atoms with E-state index in [4.69, 9.17) is 10.5 Å². The van der Waals surface area contributed by atoms with E-state index in [1.54, 1.807) is 0 Å². The number of halogens is 1. The molecule has 0 saturated heterocycles. The summed E-state index contributed by atoms with van der Waals surface area (Å²) >= 11 is 0. The summed E-state index contributed by atoms with van der Waals surface area (Å²) in [5, 5.41) is -0.589. The Labute approximate surface area is 123 Å². The predicted molar refractivity (Wildman–Crippen MR) is 75.6 cm³/mol. The largest absolute Gasteiger partial charge is 0.377 e. The molecule has 8 heteroatoms. The standard InChI is InChI=1S/C13H20FN3O3S/c14-12-2-1-7-16-13(12)21(18,19)17-8-9-20-11-5-3-10(15)4-6-11/h1-2,7,10-11,17H,3-6,8-9,15H2. The van der Waals surface area contributed by atoms with Crippen molar-refractivity contribution < 1.29 is 17.5 Å². The van der Waals surface area contributed by atoms with E-state index in [-0.39, 0.29) is 25.3 Å². The Morgan fingerprint density at radius 2 is 2.10 bits per heavy atom. The molecule has 0 unspecified atom stereocenters. The molecule has 1 heterocycles.